The molecule has 9 heteroatoms. The SMILES string of the molecule is Cc1c(NC(=O)N2CCC(C)CC2)cccc1-c1cnc(C(N)=O)c2[nH]c3cc(N4CCOCC4)ccc3c12. The lowest BCUT2D eigenvalue weighted by molar-refractivity contribution is 0.0997. The molecule has 4 aromatic rings. The number of benzene rings is 2. The number of carbonyl (C=O) groups excluding carboxylic acids is 2. The van der Waals surface area contributed by atoms with Crippen LogP contribution in [-0.2, 0) is 4.74 Å². The first-order valence-electron chi connectivity index (χ1n) is 13.6. The average molecular weight is 527 g/mol. The molecule has 0 unspecified atom stereocenters. The zero-order chi connectivity index (χ0) is 27.1. The Hall–Kier alpha value is -4.11. The molecule has 0 aliphatic carbocycles. The fourth-order valence-electron chi connectivity index (χ4n) is 5.78. The lowest BCUT2D eigenvalue weighted by atomic mass is 9.95. The van der Waals surface area contributed by atoms with E-state index in [0.717, 1.165) is 83.4 Å². The molecule has 4 heterocycles. The van der Waals surface area contributed by atoms with Crippen LogP contribution in [-0.4, -0.2) is 66.2 Å². The van der Waals surface area contributed by atoms with Gasteiger partial charge < -0.3 is 30.6 Å². The van der Waals surface area contributed by atoms with Crippen LogP contribution in [0.1, 0.15) is 35.8 Å². The first-order valence-corrected chi connectivity index (χ1v) is 13.6. The zero-order valence-corrected chi connectivity index (χ0v) is 22.4. The van der Waals surface area contributed by atoms with Crippen LogP contribution in [0.2, 0.25) is 0 Å². The minimum absolute atomic E-state index is 0.0720. The number of hydrogen-bond donors (Lipinski definition) is 3. The van der Waals surface area contributed by atoms with E-state index in [1.54, 1.807) is 6.20 Å². The van der Waals surface area contributed by atoms with Crippen LogP contribution < -0.4 is 16.0 Å². The van der Waals surface area contributed by atoms with Crippen LogP contribution in [0.15, 0.2) is 42.6 Å². The van der Waals surface area contributed by atoms with Gasteiger partial charge in [-0.15, -0.1) is 0 Å². The lowest BCUT2D eigenvalue weighted by Crippen LogP contribution is -2.40. The van der Waals surface area contributed by atoms with Crippen molar-refractivity contribution in [2.75, 3.05) is 49.6 Å². The van der Waals surface area contributed by atoms with Crippen LogP contribution in [0.3, 0.4) is 0 Å². The highest BCUT2D eigenvalue weighted by molar-refractivity contribution is 6.19. The van der Waals surface area contributed by atoms with Gasteiger partial charge in [-0.3, -0.25) is 4.79 Å². The van der Waals surface area contributed by atoms with Gasteiger partial charge in [-0.25, -0.2) is 9.78 Å². The predicted molar refractivity (Wildman–Crippen MR) is 154 cm³/mol. The fourth-order valence-corrected chi connectivity index (χ4v) is 5.78. The molecule has 2 aliphatic rings. The summed E-state index contributed by atoms with van der Waals surface area (Å²) in [5, 5.41) is 5.00. The van der Waals surface area contributed by atoms with Crippen LogP contribution >= 0.6 is 0 Å². The number of anilines is 2. The highest BCUT2D eigenvalue weighted by atomic mass is 16.5. The number of aromatic amines is 1. The van der Waals surface area contributed by atoms with E-state index >= 15 is 0 Å². The number of rotatable bonds is 4. The van der Waals surface area contributed by atoms with Crippen LogP contribution in [0.5, 0.6) is 0 Å². The Kier molecular flexibility index (Phi) is 6.60. The van der Waals surface area contributed by atoms with Gasteiger partial charge in [-0.2, -0.15) is 0 Å². The number of nitrogens with one attached hydrogen (secondary N) is 2. The van der Waals surface area contributed by atoms with Crippen molar-refractivity contribution in [3.05, 3.63) is 53.9 Å². The number of amides is 3. The first-order chi connectivity index (χ1) is 18.9. The second-order valence-corrected chi connectivity index (χ2v) is 10.7. The summed E-state index contributed by atoms with van der Waals surface area (Å²) in [6.07, 6.45) is 3.76. The molecule has 2 fully saturated rings. The number of fused-ring (bicyclic) bond motifs is 3. The molecular weight excluding hydrogens is 492 g/mol. The zero-order valence-electron chi connectivity index (χ0n) is 22.4. The summed E-state index contributed by atoms with van der Waals surface area (Å²) < 4.78 is 5.51. The van der Waals surface area contributed by atoms with Gasteiger partial charge in [0.25, 0.3) is 5.91 Å². The molecule has 3 amide bonds. The summed E-state index contributed by atoms with van der Waals surface area (Å²) in [5.74, 6) is 0.0682. The molecular formula is C30H34N6O3. The molecule has 39 heavy (non-hydrogen) atoms. The van der Waals surface area contributed by atoms with E-state index in [-0.39, 0.29) is 11.7 Å². The van der Waals surface area contributed by atoms with Crippen LogP contribution in [0, 0.1) is 12.8 Å². The topological polar surface area (TPSA) is 117 Å². The van der Waals surface area contributed by atoms with E-state index in [1.165, 1.54) is 0 Å². The first kappa shape index (κ1) is 25.2. The monoisotopic (exact) mass is 526 g/mol. The molecule has 2 aromatic heterocycles. The number of pyridine rings is 1. The number of carbonyl (C=O) groups is 2. The van der Waals surface area contributed by atoms with Crippen molar-refractivity contribution in [1.29, 1.82) is 0 Å². The third-order valence-electron chi connectivity index (χ3n) is 8.16. The number of ether oxygens (including phenoxy) is 1. The van der Waals surface area contributed by atoms with Crippen molar-refractivity contribution in [1.82, 2.24) is 14.9 Å². The number of primary amides is 1. The van der Waals surface area contributed by atoms with Crippen molar-refractivity contribution in [3.63, 3.8) is 0 Å². The largest absolute Gasteiger partial charge is 0.378 e. The Morgan fingerprint density at radius 3 is 2.59 bits per heavy atom. The van der Waals surface area contributed by atoms with Gasteiger partial charge in [0.05, 0.1) is 18.7 Å². The van der Waals surface area contributed by atoms with Gasteiger partial charge in [-0.1, -0.05) is 25.1 Å². The summed E-state index contributed by atoms with van der Waals surface area (Å²) in [6.45, 7) is 8.84. The maximum absolute atomic E-state index is 13.0. The van der Waals surface area contributed by atoms with E-state index in [4.69, 9.17) is 10.5 Å². The van der Waals surface area contributed by atoms with E-state index < -0.39 is 5.91 Å². The molecule has 6 rings (SSSR count). The number of hydrogen-bond acceptors (Lipinski definition) is 5. The Morgan fingerprint density at radius 1 is 1.08 bits per heavy atom. The number of piperidine rings is 1. The Morgan fingerprint density at radius 2 is 1.85 bits per heavy atom. The van der Waals surface area contributed by atoms with E-state index in [2.05, 4.69) is 45.3 Å². The summed E-state index contributed by atoms with van der Waals surface area (Å²) in [6, 6.07) is 12.1. The number of nitrogens with zero attached hydrogens (tertiary/aromatic N) is 3. The Bertz CT molecular complexity index is 1560. The Labute approximate surface area is 227 Å². The number of likely N-dealkylation sites (tertiary alicyclic amines) is 1. The summed E-state index contributed by atoms with van der Waals surface area (Å²) in [4.78, 5) is 37.5. The molecule has 0 bridgehead atoms. The minimum Gasteiger partial charge on any atom is -0.378 e. The molecule has 2 saturated heterocycles. The standard InChI is InChI=1S/C30H34N6O3/c1-18-8-10-36(11-9-18)30(38)34-24-5-3-4-21(19(24)2)23-17-32-28(29(31)37)27-26(23)22-7-6-20(16-25(22)33-27)35-12-14-39-15-13-35/h3-7,16-18,33H,8-15H2,1-2H3,(H2,31,37)(H,34,38). The fraction of sp³-hybridized carbons (Fsp3) is 0.367. The Balaban J connectivity index is 1.42. The van der Waals surface area contributed by atoms with Crippen molar-refractivity contribution in [2.24, 2.45) is 11.7 Å². The third kappa shape index (κ3) is 4.67. The molecule has 0 radical (unpaired) electrons. The van der Waals surface area contributed by atoms with Crippen molar-refractivity contribution >= 4 is 45.1 Å². The lowest BCUT2D eigenvalue weighted by Gasteiger charge is -2.30. The maximum Gasteiger partial charge on any atom is 0.321 e. The summed E-state index contributed by atoms with van der Waals surface area (Å²) >= 11 is 0. The maximum atomic E-state index is 13.0. The molecule has 0 spiro atoms. The highest BCUT2D eigenvalue weighted by Gasteiger charge is 2.23. The van der Waals surface area contributed by atoms with E-state index in [1.807, 2.05) is 30.0 Å². The molecule has 4 N–H and O–H groups in total. The van der Waals surface area contributed by atoms with Crippen molar-refractivity contribution in [2.45, 2.75) is 26.7 Å². The quantitative estimate of drug-likeness (QED) is 0.350. The number of nitrogens with two attached hydrogens (primary N) is 1. The highest BCUT2D eigenvalue weighted by Crippen LogP contribution is 2.39. The van der Waals surface area contributed by atoms with Gasteiger partial charge in [-0.05, 0) is 55.0 Å². The molecule has 0 atom stereocenters. The number of morpholine rings is 1. The number of aromatic nitrogens is 2. The van der Waals surface area contributed by atoms with Crippen LogP contribution in [0.4, 0.5) is 16.2 Å². The second-order valence-electron chi connectivity index (χ2n) is 10.7. The van der Waals surface area contributed by atoms with Gasteiger partial charge >= 0.3 is 6.03 Å². The van der Waals surface area contributed by atoms with E-state index in [0.29, 0.717) is 24.6 Å². The molecule has 2 aliphatic heterocycles. The smallest absolute Gasteiger partial charge is 0.321 e. The summed E-state index contributed by atoms with van der Waals surface area (Å²) in [7, 11) is 0. The number of H-pyrrole nitrogens is 1. The van der Waals surface area contributed by atoms with Gasteiger partial charge in [0.1, 0.15) is 0 Å². The molecule has 9 nitrogen and oxygen atoms in total. The van der Waals surface area contributed by atoms with Crippen molar-refractivity contribution in [3.8, 4) is 11.1 Å². The second kappa shape index (κ2) is 10.2. The molecule has 2 aromatic carbocycles. The third-order valence-corrected chi connectivity index (χ3v) is 8.16. The molecule has 0 saturated carbocycles. The van der Waals surface area contributed by atoms with Gasteiger partial charge in [0.2, 0.25) is 0 Å². The van der Waals surface area contributed by atoms with Crippen molar-refractivity contribution < 1.29 is 14.3 Å². The van der Waals surface area contributed by atoms with Gasteiger partial charge in [0, 0.05) is 65.6 Å². The van der Waals surface area contributed by atoms with Gasteiger partial charge in [0.15, 0.2) is 5.69 Å². The number of urea groups is 1. The van der Waals surface area contributed by atoms with Crippen LogP contribution in [0.25, 0.3) is 32.9 Å². The van der Waals surface area contributed by atoms with E-state index in [9.17, 15) is 9.59 Å². The minimum atomic E-state index is -0.583. The average Bonchev–Trinajstić information content (AvgIpc) is 3.33. The normalized spacial score (nSPS) is 16.7. The summed E-state index contributed by atoms with van der Waals surface area (Å²) in [5.41, 5.74) is 12.1. The molecule has 202 valence electrons. The predicted octanol–water partition coefficient (Wildman–Crippen LogP) is 4.89.